The molecule has 3 nitrogen and oxygen atoms in total. The maximum atomic E-state index is 12.3. The van der Waals surface area contributed by atoms with Gasteiger partial charge >= 0.3 is 6.36 Å². The normalized spacial score (nSPS) is 18.8. The maximum Gasteiger partial charge on any atom is 0.573 e. The smallest absolute Gasteiger partial charge is 0.406 e. The van der Waals surface area contributed by atoms with E-state index in [0.717, 1.165) is 11.5 Å². The molecule has 1 heterocycles. The Bertz CT molecular complexity index is 525. The molecule has 1 saturated heterocycles. The van der Waals surface area contributed by atoms with Gasteiger partial charge in [0.2, 0.25) is 5.91 Å². The summed E-state index contributed by atoms with van der Waals surface area (Å²) >= 11 is 3.16. The average Bonchev–Trinajstić information content (AvgIpc) is 2.79. The Morgan fingerprint density at radius 2 is 2.23 bits per heavy atom. The van der Waals surface area contributed by atoms with Gasteiger partial charge in [0.15, 0.2) is 0 Å². The van der Waals surface area contributed by atoms with Gasteiger partial charge in [-0.1, -0.05) is 19.1 Å². The van der Waals surface area contributed by atoms with Crippen LogP contribution in [0.1, 0.15) is 17.9 Å². The molecule has 1 atom stereocenters. The van der Waals surface area contributed by atoms with E-state index in [1.807, 2.05) is 6.92 Å². The second-order valence-electron chi connectivity index (χ2n) is 4.57. The highest BCUT2D eigenvalue weighted by molar-refractivity contribution is 8.00. The first kappa shape index (κ1) is 17.3. The number of halogens is 3. The molecule has 1 aliphatic rings. The first-order chi connectivity index (χ1) is 10.4. The molecule has 8 heteroatoms. The summed E-state index contributed by atoms with van der Waals surface area (Å²) in [5.74, 6) is 1.90. The lowest BCUT2D eigenvalue weighted by Crippen LogP contribution is -2.30. The molecule has 0 N–H and O–H groups in total. The SMILES string of the molecule is CCSCCN1C(=O)CSC1c1cccc(OC(F)(F)F)c1. The van der Waals surface area contributed by atoms with E-state index < -0.39 is 6.36 Å². The number of benzene rings is 1. The van der Waals surface area contributed by atoms with Gasteiger partial charge in [0.25, 0.3) is 0 Å². The van der Waals surface area contributed by atoms with Crippen LogP contribution in [0.2, 0.25) is 0 Å². The van der Waals surface area contributed by atoms with Gasteiger partial charge in [-0.2, -0.15) is 11.8 Å². The van der Waals surface area contributed by atoms with E-state index in [2.05, 4.69) is 4.74 Å². The van der Waals surface area contributed by atoms with E-state index >= 15 is 0 Å². The largest absolute Gasteiger partial charge is 0.573 e. The monoisotopic (exact) mass is 351 g/mol. The Hall–Kier alpha value is -1.02. The summed E-state index contributed by atoms with van der Waals surface area (Å²) in [5.41, 5.74) is 0.652. The second-order valence-corrected chi connectivity index (χ2v) is 7.03. The minimum atomic E-state index is -4.71. The van der Waals surface area contributed by atoms with Crippen molar-refractivity contribution in [3.05, 3.63) is 29.8 Å². The van der Waals surface area contributed by atoms with Crippen molar-refractivity contribution < 1.29 is 22.7 Å². The second kappa shape index (κ2) is 7.50. The molecule has 1 fully saturated rings. The number of carbonyl (C=O) groups is 1. The van der Waals surface area contributed by atoms with E-state index in [9.17, 15) is 18.0 Å². The summed E-state index contributed by atoms with van der Waals surface area (Å²) in [4.78, 5) is 13.7. The molecule has 1 amide bonds. The Kier molecular flexibility index (Phi) is 5.91. The molecule has 2 rings (SSSR count). The molecule has 122 valence electrons. The summed E-state index contributed by atoms with van der Waals surface area (Å²) in [7, 11) is 0. The van der Waals surface area contributed by atoms with Gasteiger partial charge in [0.05, 0.1) is 5.75 Å². The van der Waals surface area contributed by atoms with Crippen LogP contribution >= 0.6 is 23.5 Å². The van der Waals surface area contributed by atoms with Crippen LogP contribution in [0.5, 0.6) is 5.75 Å². The van der Waals surface area contributed by atoms with Crippen LogP contribution in [0.25, 0.3) is 0 Å². The van der Waals surface area contributed by atoms with Crippen LogP contribution in [0.3, 0.4) is 0 Å². The van der Waals surface area contributed by atoms with Crippen molar-refractivity contribution in [3.63, 3.8) is 0 Å². The molecule has 0 aliphatic carbocycles. The minimum Gasteiger partial charge on any atom is -0.406 e. The fraction of sp³-hybridized carbons (Fsp3) is 0.500. The first-order valence-electron chi connectivity index (χ1n) is 6.75. The Balaban J connectivity index is 2.12. The highest BCUT2D eigenvalue weighted by Crippen LogP contribution is 2.40. The fourth-order valence-electron chi connectivity index (χ4n) is 2.14. The molecule has 1 aliphatic heterocycles. The van der Waals surface area contributed by atoms with E-state index in [4.69, 9.17) is 0 Å². The van der Waals surface area contributed by atoms with Gasteiger partial charge in [-0.25, -0.2) is 0 Å². The highest BCUT2D eigenvalue weighted by Gasteiger charge is 2.34. The van der Waals surface area contributed by atoms with E-state index in [0.29, 0.717) is 17.9 Å². The van der Waals surface area contributed by atoms with E-state index in [1.54, 1.807) is 22.7 Å². The predicted molar refractivity (Wildman–Crippen MR) is 83.0 cm³/mol. The molecule has 0 spiro atoms. The number of alkyl halides is 3. The van der Waals surface area contributed by atoms with Crippen molar-refractivity contribution in [1.29, 1.82) is 0 Å². The van der Waals surface area contributed by atoms with Crippen LogP contribution in [0.15, 0.2) is 24.3 Å². The standard InChI is InChI=1S/C14H16F3NO2S2/c1-2-21-7-6-18-12(19)9-22-13(18)10-4-3-5-11(8-10)20-14(15,16)17/h3-5,8,13H,2,6-7,9H2,1H3. The molecule has 0 radical (unpaired) electrons. The number of rotatable bonds is 6. The zero-order chi connectivity index (χ0) is 16.2. The lowest BCUT2D eigenvalue weighted by atomic mass is 10.2. The number of hydrogen-bond acceptors (Lipinski definition) is 4. The molecule has 1 unspecified atom stereocenters. The number of carbonyl (C=O) groups excluding carboxylic acids is 1. The van der Waals surface area contributed by atoms with Crippen molar-refractivity contribution in [2.45, 2.75) is 18.7 Å². The first-order valence-corrected chi connectivity index (χ1v) is 8.95. The van der Waals surface area contributed by atoms with Crippen LogP contribution < -0.4 is 4.74 Å². The Morgan fingerprint density at radius 3 is 2.91 bits per heavy atom. The Labute approximate surface area is 135 Å². The lowest BCUT2D eigenvalue weighted by Gasteiger charge is -2.24. The van der Waals surface area contributed by atoms with Crippen LogP contribution in [-0.2, 0) is 4.79 Å². The zero-order valence-electron chi connectivity index (χ0n) is 11.9. The highest BCUT2D eigenvalue weighted by atomic mass is 32.2. The van der Waals surface area contributed by atoms with E-state index in [-0.39, 0.29) is 17.0 Å². The fourth-order valence-corrected chi connectivity index (χ4v) is 3.97. The number of ether oxygens (including phenoxy) is 1. The molecular weight excluding hydrogens is 335 g/mol. The van der Waals surface area contributed by atoms with Gasteiger partial charge in [-0.15, -0.1) is 24.9 Å². The number of thioether (sulfide) groups is 2. The lowest BCUT2D eigenvalue weighted by molar-refractivity contribution is -0.274. The third-order valence-corrected chi connectivity index (χ3v) is 5.16. The molecule has 0 saturated carbocycles. The predicted octanol–water partition coefficient (Wildman–Crippen LogP) is 3.91. The molecule has 0 bridgehead atoms. The maximum absolute atomic E-state index is 12.3. The summed E-state index contributed by atoms with van der Waals surface area (Å²) in [6.45, 7) is 2.64. The van der Waals surface area contributed by atoms with Gasteiger partial charge in [0, 0.05) is 12.3 Å². The van der Waals surface area contributed by atoms with Crippen molar-refractivity contribution >= 4 is 29.4 Å². The van der Waals surface area contributed by atoms with Crippen molar-refractivity contribution in [1.82, 2.24) is 4.90 Å². The number of amides is 1. The Morgan fingerprint density at radius 1 is 1.45 bits per heavy atom. The van der Waals surface area contributed by atoms with Crippen LogP contribution in [0.4, 0.5) is 13.2 Å². The topological polar surface area (TPSA) is 29.5 Å². The summed E-state index contributed by atoms with van der Waals surface area (Å²) in [5, 5.41) is -0.248. The van der Waals surface area contributed by atoms with Gasteiger partial charge in [-0.05, 0) is 23.4 Å². The number of nitrogens with zero attached hydrogens (tertiary/aromatic N) is 1. The summed E-state index contributed by atoms with van der Waals surface area (Å²) < 4.78 is 40.8. The summed E-state index contributed by atoms with van der Waals surface area (Å²) in [6.07, 6.45) is -4.71. The van der Waals surface area contributed by atoms with Crippen LogP contribution in [-0.4, -0.2) is 41.0 Å². The van der Waals surface area contributed by atoms with Gasteiger partial charge in [0.1, 0.15) is 11.1 Å². The molecule has 1 aromatic carbocycles. The van der Waals surface area contributed by atoms with Gasteiger partial charge in [-0.3, -0.25) is 4.79 Å². The van der Waals surface area contributed by atoms with E-state index in [1.165, 1.54) is 30.0 Å². The molecular formula is C14H16F3NO2S2. The zero-order valence-corrected chi connectivity index (χ0v) is 13.6. The van der Waals surface area contributed by atoms with Crippen LogP contribution in [0, 0.1) is 0 Å². The molecule has 0 aromatic heterocycles. The van der Waals surface area contributed by atoms with Crippen molar-refractivity contribution in [3.8, 4) is 5.75 Å². The van der Waals surface area contributed by atoms with Crippen molar-refractivity contribution in [2.75, 3.05) is 23.8 Å². The number of hydrogen-bond donors (Lipinski definition) is 0. The van der Waals surface area contributed by atoms with Gasteiger partial charge < -0.3 is 9.64 Å². The third-order valence-electron chi connectivity index (χ3n) is 3.03. The quantitative estimate of drug-likeness (QED) is 0.727. The average molecular weight is 351 g/mol. The van der Waals surface area contributed by atoms with Crippen molar-refractivity contribution in [2.24, 2.45) is 0 Å². The summed E-state index contributed by atoms with van der Waals surface area (Å²) in [6, 6.07) is 5.84. The molecule has 1 aromatic rings. The molecule has 22 heavy (non-hydrogen) atoms. The minimum absolute atomic E-state index is 0.0221. The third kappa shape index (κ3) is 4.74.